The Labute approximate surface area is 123 Å². The molecule has 1 fully saturated rings. The number of hydrazine groups is 1. The number of nitrogens with one attached hydrogen (secondary N) is 1. The normalized spacial score (nSPS) is 18.6. The Morgan fingerprint density at radius 3 is 3.00 bits per heavy atom. The monoisotopic (exact) mass is 297 g/mol. The quantitative estimate of drug-likeness (QED) is 0.645. The average molecular weight is 298 g/mol. The summed E-state index contributed by atoms with van der Waals surface area (Å²) in [7, 11) is 4.01. The lowest BCUT2D eigenvalue weighted by Gasteiger charge is -2.27. The molecule has 0 spiro atoms. The molecule has 1 aliphatic rings. The number of likely N-dealkylation sites (N-methyl/N-ethyl adjacent to an activating group) is 1. The van der Waals surface area contributed by atoms with Crippen molar-refractivity contribution >= 4 is 23.3 Å². The van der Waals surface area contributed by atoms with Crippen LogP contribution in [0.15, 0.2) is 12.1 Å². The first-order valence-electron chi connectivity index (χ1n) is 6.61. The minimum absolute atomic E-state index is 0.128. The minimum Gasteiger partial charge on any atom is -0.333 e. The van der Waals surface area contributed by atoms with Gasteiger partial charge in [0, 0.05) is 19.1 Å². The second-order valence-electron chi connectivity index (χ2n) is 5.23. The van der Waals surface area contributed by atoms with Crippen LogP contribution in [0.25, 0.3) is 0 Å². The highest BCUT2D eigenvalue weighted by Gasteiger charge is 2.31. The van der Waals surface area contributed by atoms with E-state index in [0.717, 1.165) is 25.9 Å². The Morgan fingerprint density at radius 2 is 2.35 bits per heavy atom. The Bertz CT molecular complexity index is 494. The van der Waals surface area contributed by atoms with Crippen molar-refractivity contribution in [3.05, 3.63) is 22.8 Å². The minimum atomic E-state index is -0.128. The molecule has 6 nitrogen and oxygen atoms in total. The Hall–Kier alpha value is -1.37. The molecule has 2 rings (SSSR count). The standard InChI is InChI=1S/C13H20ClN5O/c1-18(2)8-9-4-3-7-19(9)13(20)12-10(14)5-6-11(16-12)17-15/h5-6,9H,3-4,7-8,15H2,1-2H3,(H,16,17). The number of amides is 1. The van der Waals surface area contributed by atoms with E-state index < -0.39 is 0 Å². The SMILES string of the molecule is CN(C)CC1CCCN1C(=O)c1nc(NN)ccc1Cl. The number of aromatic nitrogens is 1. The smallest absolute Gasteiger partial charge is 0.274 e. The molecular weight excluding hydrogens is 278 g/mol. The summed E-state index contributed by atoms with van der Waals surface area (Å²) in [6.07, 6.45) is 2.02. The van der Waals surface area contributed by atoms with Crippen molar-refractivity contribution in [2.45, 2.75) is 18.9 Å². The fourth-order valence-corrected chi connectivity index (χ4v) is 2.71. The summed E-state index contributed by atoms with van der Waals surface area (Å²) < 4.78 is 0. The number of nitrogen functional groups attached to an aromatic ring is 1. The van der Waals surface area contributed by atoms with Gasteiger partial charge in [0.25, 0.3) is 5.91 Å². The van der Waals surface area contributed by atoms with Crippen LogP contribution in [-0.2, 0) is 0 Å². The van der Waals surface area contributed by atoms with Crippen LogP contribution < -0.4 is 11.3 Å². The number of hydrogen-bond donors (Lipinski definition) is 2. The van der Waals surface area contributed by atoms with Crippen molar-refractivity contribution < 1.29 is 4.79 Å². The number of nitrogens with two attached hydrogens (primary N) is 1. The summed E-state index contributed by atoms with van der Waals surface area (Å²) in [5.41, 5.74) is 2.69. The summed E-state index contributed by atoms with van der Waals surface area (Å²) in [6.45, 7) is 1.59. The predicted molar refractivity (Wildman–Crippen MR) is 79.7 cm³/mol. The predicted octanol–water partition coefficient (Wildman–Crippen LogP) is 1.19. The molecule has 1 amide bonds. The number of likely N-dealkylation sites (tertiary alicyclic amines) is 1. The van der Waals surface area contributed by atoms with Crippen LogP contribution in [0.5, 0.6) is 0 Å². The van der Waals surface area contributed by atoms with Gasteiger partial charge in [0.05, 0.1) is 5.02 Å². The molecule has 0 bridgehead atoms. The van der Waals surface area contributed by atoms with E-state index in [4.69, 9.17) is 17.4 Å². The molecule has 0 saturated carbocycles. The second kappa shape index (κ2) is 6.39. The topological polar surface area (TPSA) is 74.5 Å². The molecule has 0 radical (unpaired) electrons. The average Bonchev–Trinajstić information content (AvgIpc) is 2.86. The number of halogens is 1. The molecule has 1 unspecified atom stereocenters. The number of carbonyl (C=O) groups is 1. The molecule has 1 aliphatic heterocycles. The summed E-state index contributed by atoms with van der Waals surface area (Å²) in [5.74, 6) is 5.63. The summed E-state index contributed by atoms with van der Waals surface area (Å²) in [6, 6.07) is 3.49. The first kappa shape index (κ1) is 15.0. The fourth-order valence-electron chi connectivity index (χ4n) is 2.52. The summed E-state index contributed by atoms with van der Waals surface area (Å²) in [4.78, 5) is 20.7. The van der Waals surface area contributed by atoms with Crippen molar-refractivity contribution in [3.8, 4) is 0 Å². The van der Waals surface area contributed by atoms with E-state index in [-0.39, 0.29) is 17.6 Å². The van der Waals surface area contributed by atoms with Gasteiger partial charge in [0.1, 0.15) is 11.5 Å². The number of hydrogen-bond acceptors (Lipinski definition) is 5. The van der Waals surface area contributed by atoms with Gasteiger partial charge >= 0.3 is 0 Å². The first-order valence-corrected chi connectivity index (χ1v) is 6.99. The molecule has 1 atom stereocenters. The largest absolute Gasteiger partial charge is 0.333 e. The van der Waals surface area contributed by atoms with E-state index in [0.29, 0.717) is 10.8 Å². The number of nitrogens with zero attached hydrogens (tertiary/aromatic N) is 3. The molecule has 20 heavy (non-hydrogen) atoms. The van der Waals surface area contributed by atoms with Crippen LogP contribution in [0.2, 0.25) is 5.02 Å². The van der Waals surface area contributed by atoms with Gasteiger partial charge in [-0.2, -0.15) is 0 Å². The van der Waals surface area contributed by atoms with E-state index in [1.807, 2.05) is 19.0 Å². The molecule has 3 N–H and O–H groups in total. The number of anilines is 1. The van der Waals surface area contributed by atoms with Gasteiger partial charge in [0.15, 0.2) is 0 Å². The van der Waals surface area contributed by atoms with Crippen molar-refractivity contribution in [2.75, 3.05) is 32.6 Å². The molecule has 2 heterocycles. The zero-order chi connectivity index (χ0) is 14.7. The van der Waals surface area contributed by atoms with Crippen LogP contribution in [-0.4, -0.2) is 53.9 Å². The van der Waals surface area contributed by atoms with Crippen LogP contribution in [0.1, 0.15) is 23.3 Å². The molecule has 7 heteroatoms. The van der Waals surface area contributed by atoms with Gasteiger partial charge in [-0.15, -0.1) is 0 Å². The second-order valence-corrected chi connectivity index (χ2v) is 5.64. The maximum atomic E-state index is 12.6. The highest BCUT2D eigenvalue weighted by Crippen LogP contribution is 2.24. The Morgan fingerprint density at radius 1 is 1.60 bits per heavy atom. The van der Waals surface area contributed by atoms with E-state index >= 15 is 0 Å². The summed E-state index contributed by atoms with van der Waals surface area (Å²) >= 11 is 6.09. The molecule has 1 aromatic heterocycles. The zero-order valence-corrected chi connectivity index (χ0v) is 12.5. The van der Waals surface area contributed by atoms with Crippen molar-refractivity contribution in [1.82, 2.24) is 14.8 Å². The molecule has 0 aliphatic carbocycles. The number of carbonyl (C=O) groups excluding carboxylic acids is 1. The van der Waals surface area contributed by atoms with Gasteiger partial charge in [-0.1, -0.05) is 11.6 Å². The summed E-state index contributed by atoms with van der Waals surface area (Å²) in [5, 5.41) is 0.351. The number of rotatable bonds is 4. The van der Waals surface area contributed by atoms with E-state index in [1.54, 1.807) is 12.1 Å². The lowest BCUT2D eigenvalue weighted by atomic mass is 10.2. The first-order chi connectivity index (χ1) is 9.52. The Balaban J connectivity index is 2.22. The van der Waals surface area contributed by atoms with Gasteiger partial charge in [-0.05, 0) is 39.1 Å². The molecule has 1 saturated heterocycles. The van der Waals surface area contributed by atoms with Crippen molar-refractivity contribution in [3.63, 3.8) is 0 Å². The lowest BCUT2D eigenvalue weighted by Crippen LogP contribution is -2.41. The molecular formula is C13H20ClN5O. The van der Waals surface area contributed by atoms with Gasteiger partial charge < -0.3 is 15.2 Å². The van der Waals surface area contributed by atoms with E-state index in [9.17, 15) is 4.79 Å². The molecule has 110 valence electrons. The molecule has 0 aromatic carbocycles. The zero-order valence-electron chi connectivity index (χ0n) is 11.8. The lowest BCUT2D eigenvalue weighted by molar-refractivity contribution is 0.0711. The Kier molecular flexibility index (Phi) is 4.80. The third-order valence-electron chi connectivity index (χ3n) is 3.41. The van der Waals surface area contributed by atoms with Crippen molar-refractivity contribution in [2.24, 2.45) is 5.84 Å². The third-order valence-corrected chi connectivity index (χ3v) is 3.72. The van der Waals surface area contributed by atoms with Gasteiger partial charge in [0.2, 0.25) is 0 Å². The molecule has 1 aromatic rings. The fraction of sp³-hybridized carbons (Fsp3) is 0.538. The highest BCUT2D eigenvalue weighted by molar-refractivity contribution is 6.33. The maximum absolute atomic E-state index is 12.6. The van der Waals surface area contributed by atoms with Crippen LogP contribution in [0, 0.1) is 0 Å². The third kappa shape index (κ3) is 3.20. The van der Waals surface area contributed by atoms with E-state index in [2.05, 4.69) is 15.3 Å². The van der Waals surface area contributed by atoms with Crippen LogP contribution in [0.4, 0.5) is 5.82 Å². The van der Waals surface area contributed by atoms with Gasteiger partial charge in [-0.3, -0.25) is 4.79 Å². The van der Waals surface area contributed by atoms with Crippen LogP contribution in [0.3, 0.4) is 0 Å². The van der Waals surface area contributed by atoms with Crippen LogP contribution >= 0.6 is 11.6 Å². The van der Waals surface area contributed by atoms with E-state index in [1.165, 1.54) is 0 Å². The van der Waals surface area contributed by atoms with Gasteiger partial charge in [-0.25, -0.2) is 10.8 Å². The maximum Gasteiger partial charge on any atom is 0.274 e. The highest BCUT2D eigenvalue weighted by atomic mass is 35.5. The van der Waals surface area contributed by atoms with Crippen molar-refractivity contribution in [1.29, 1.82) is 0 Å². The number of pyridine rings is 1.